The third-order valence-electron chi connectivity index (χ3n) is 7.13. The predicted molar refractivity (Wildman–Crippen MR) is 150 cm³/mol. The number of halogens is 1. The monoisotopic (exact) mass is 520 g/mol. The zero-order chi connectivity index (χ0) is 25.4. The normalized spacial score (nSPS) is 13.9. The molecule has 194 valence electrons. The molecule has 1 N–H and O–H groups in total. The van der Waals surface area contributed by atoms with E-state index in [1.807, 2.05) is 18.3 Å². The maximum absolute atomic E-state index is 13.2. The molecule has 0 saturated heterocycles. The Bertz CT molecular complexity index is 1490. The molecule has 0 saturated carbocycles. The number of rotatable bonds is 9. The van der Waals surface area contributed by atoms with Crippen molar-refractivity contribution < 1.29 is 14.0 Å². The fraction of sp³-hybridized carbons (Fsp3) is 0.345. The van der Waals surface area contributed by atoms with E-state index >= 15 is 0 Å². The summed E-state index contributed by atoms with van der Waals surface area (Å²) in [6.07, 6.45) is 8.87. The van der Waals surface area contributed by atoms with Gasteiger partial charge in [-0.25, -0.2) is 0 Å². The summed E-state index contributed by atoms with van der Waals surface area (Å²) < 4.78 is 7.91. The lowest BCUT2D eigenvalue weighted by Gasteiger charge is -2.18. The van der Waals surface area contributed by atoms with Crippen LogP contribution in [0.5, 0.6) is 0 Å². The van der Waals surface area contributed by atoms with E-state index in [1.165, 1.54) is 5.56 Å². The summed E-state index contributed by atoms with van der Waals surface area (Å²) in [4.78, 5) is 33.0. The molecule has 0 spiro atoms. The van der Waals surface area contributed by atoms with Gasteiger partial charge < -0.3 is 13.9 Å². The van der Waals surface area contributed by atoms with E-state index in [4.69, 9.17) is 4.42 Å². The molecular formula is C29H33ClN4O3. The first kappa shape index (κ1) is 26.6. The van der Waals surface area contributed by atoms with Gasteiger partial charge in [-0.05, 0) is 58.0 Å². The fourth-order valence-electron chi connectivity index (χ4n) is 5.27. The molecule has 1 aliphatic heterocycles. The second kappa shape index (κ2) is 10.9. The molecule has 7 nitrogen and oxygen atoms in total. The molecule has 0 fully saturated rings. The Kier molecular flexibility index (Phi) is 7.85. The summed E-state index contributed by atoms with van der Waals surface area (Å²) in [6, 6.07) is 8.26. The van der Waals surface area contributed by atoms with Crippen LogP contribution in [0, 0.1) is 0 Å². The number of furan rings is 1. The highest BCUT2D eigenvalue weighted by atomic mass is 35.5. The van der Waals surface area contributed by atoms with Crippen molar-refractivity contribution in [2.45, 2.75) is 46.6 Å². The SMILES string of the molecule is CCN(CC)CCCc1cccc2c(C3=C(c4cncc5ccoc45)C(=O)NC3=O)cn(C(C)C)c12.Cl. The van der Waals surface area contributed by atoms with Gasteiger partial charge in [0, 0.05) is 46.5 Å². The topological polar surface area (TPSA) is 80.4 Å². The first-order valence-corrected chi connectivity index (χ1v) is 12.7. The highest BCUT2D eigenvalue weighted by Crippen LogP contribution is 2.39. The number of imide groups is 1. The number of aromatic nitrogens is 2. The highest BCUT2D eigenvalue weighted by molar-refractivity contribution is 6.50. The minimum atomic E-state index is -0.429. The summed E-state index contributed by atoms with van der Waals surface area (Å²) in [5.41, 5.74) is 4.88. The van der Waals surface area contributed by atoms with E-state index in [0.29, 0.717) is 22.3 Å². The minimum absolute atomic E-state index is 0. The summed E-state index contributed by atoms with van der Waals surface area (Å²) >= 11 is 0. The molecule has 1 aromatic carbocycles. The average Bonchev–Trinajstić information content (AvgIpc) is 3.57. The fourth-order valence-corrected chi connectivity index (χ4v) is 5.27. The van der Waals surface area contributed by atoms with E-state index < -0.39 is 11.8 Å². The van der Waals surface area contributed by atoms with Crippen molar-refractivity contribution in [3.63, 3.8) is 0 Å². The molecule has 3 aromatic heterocycles. The van der Waals surface area contributed by atoms with Gasteiger partial charge in [0.15, 0.2) is 0 Å². The van der Waals surface area contributed by atoms with Crippen molar-refractivity contribution in [2.24, 2.45) is 0 Å². The maximum atomic E-state index is 13.2. The zero-order valence-electron chi connectivity index (χ0n) is 21.7. The van der Waals surface area contributed by atoms with Crippen molar-refractivity contribution in [1.82, 2.24) is 19.8 Å². The van der Waals surface area contributed by atoms with Gasteiger partial charge in [0.05, 0.1) is 22.9 Å². The van der Waals surface area contributed by atoms with E-state index in [0.717, 1.165) is 54.3 Å². The molecule has 0 unspecified atom stereocenters. The number of para-hydroxylation sites is 1. The quantitative estimate of drug-likeness (QED) is 0.289. The third-order valence-corrected chi connectivity index (χ3v) is 7.13. The first-order chi connectivity index (χ1) is 17.4. The summed E-state index contributed by atoms with van der Waals surface area (Å²) in [5.74, 6) is -0.824. The predicted octanol–water partition coefficient (Wildman–Crippen LogP) is 5.63. The second-order valence-electron chi connectivity index (χ2n) is 9.55. The molecule has 8 heteroatoms. The summed E-state index contributed by atoms with van der Waals surface area (Å²) in [7, 11) is 0. The van der Waals surface area contributed by atoms with E-state index in [9.17, 15) is 9.59 Å². The van der Waals surface area contributed by atoms with Crippen LogP contribution in [0.4, 0.5) is 0 Å². The highest BCUT2D eigenvalue weighted by Gasteiger charge is 2.35. The van der Waals surface area contributed by atoms with Crippen molar-refractivity contribution in [3.8, 4) is 0 Å². The minimum Gasteiger partial charge on any atom is -0.464 e. The van der Waals surface area contributed by atoms with Crippen LogP contribution >= 0.6 is 12.4 Å². The number of nitrogens with zero attached hydrogens (tertiary/aromatic N) is 3. The van der Waals surface area contributed by atoms with Gasteiger partial charge in [0.1, 0.15) is 5.58 Å². The van der Waals surface area contributed by atoms with Gasteiger partial charge in [-0.3, -0.25) is 19.9 Å². The standard InChI is InChI=1S/C29H32N4O3.ClH/c1-5-32(6-2)13-8-10-19-9-7-11-21-23(17-33(18(3)4)26(19)21)25-24(28(34)31-29(25)35)22-16-30-15-20-12-14-36-27(20)22;/h7,9,11-12,14-18H,5-6,8,10,13H2,1-4H3,(H,31,34,35);1H. The Hall–Kier alpha value is -3.42. The molecule has 0 bridgehead atoms. The number of hydrogen-bond donors (Lipinski definition) is 1. The van der Waals surface area contributed by atoms with Gasteiger partial charge >= 0.3 is 0 Å². The number of benzene rings is 1. The number of nitrogens with one attached hydrogen (secondary N) is 1. The number of hydrogen-bond acceptors (Lipinski definition) is 5. The lowest BCUT2D eigenvalue weighted by Crippen LogP contribution is -2.24. The Morgan fingerprint density at radius 3 is 2.46 bits per heavy atom. The average molecular weight is 521 g/mol. The van der Waals surface area contributed by atoms with Crippen LogP contribution in [-0.4, -0.2) is 45.9 Å². The molecule has 37 heavy (non-hydrogen) atoms. The van der Waals surface area contributed by atoms with Crippen molar-refractivity contribution in [3.05, 3.63) is 65.8 Å². The summed E-state index contributed by atoms with van der Waals surface area (Å²) in [6.45, 7) is 11.8. The number of fused-ring (bicyclic) bond motifs is 2. The number of aryl methyl sites for hydroxylation is 1. The van der Waals surface area contributed by atoms with Crippen LogP contribution in [0.25, 0.3) is 33.0 Å². The van der Waals surface area contributed by atoms with E-state index in [-0.39, 0.29) is 18.4 Å². The molecule has 1 aliphatic rings. The number of carbonyl (C=O) groups excluding carboxylic acids is 2. The van der Waals surface area contributed by atoms with Crippen LogP contribution in [0.2, 0.25) is 0 Å². The molecule has 5 rings (SSSR count). The van der Waals surface area contributed by atoms with Crippen molar-refractivity contribution in [1.29, 1.82) is 0 Å². The molecule has 0 atom stereocenters. The Labute approximate surface area is 222 Å². The zero-order valence-corrected chi connectivity index (χ0v) is 22.5. The number of amides is 2. The lowest BCUT2D eigenvalue weighted by atomic mass is 9.95. The summed E-state index contributed by atoms with van der Waals surface area (Å²) in [5, 5.41) is 4.27. The molecular weight excluding hydrogens is 488 g/mol. The van der Waals surface area contributed by atoms with Gasteiger partial charge in [0.2, 0.25) is 0 Å². The van der Waals surface area contributed by atoms with Crippen LogP contribution in [-0.2, 0) is 16.0 Å². The van der Waals surface area contributed by atoms with Gasteiger partial charge in [-0.15, -0.1) is 12.4 Å². The first-order valence-electron chi connectivity index (χ1n) is 12.7. The van der Waals surface area contributed by atoms with Gasteiger partial charge in [-0.2, -0.15) is 0 Å². The van der Waals surface area contributed by atoms with Gasteiger partial charge in [0.25, 0.3) is 11.8 Å². The van der Waals surface area contributed by atoms with Gasteiger partial charge in [-0.1, -0.05) is 32.0 Å². The van der Waals surface area contributed by atoms with E-state index in [2.05, 4.69) is 53.5 Å². The number of carbonyl (C=O) groups is 2. The third kappa shape index (κ3) is 4.69. The smallest absolute Gasteiger partial charge is 0.259 e. The largest absolute Gasteiger partial charge is 0.464 e. The van der Waals surface area contributed by atoms with Crippen molar-refractivity contribution in [2.75, 3.05) is 19.6 Å². The van der Waals surface area contributed by atoms with Crippen LogP contribution in [0.1, 0.15) is 56.8 Å². The molecule has 4 heterocycles. The molecule has 0 aliphatic carbocycles. The van der Waals surface area contributed by atoms with E-state index in [1.54, 1.807) is 24.7 Å². The number of pyridine rings is 1. The van der Waals surface area contributed by atoms with Crippen molar-refractivity contribution >= 4 is 57.2 Å². The molecule has 0 radical (unpaired) electrons. The van der Waals surface area contributed by atoms with Crippen LogP contribution in [0.15, 0.2) is 53.5 Å². The van der Waals surface area contributed by atoms with Crippen LogP contribution in [0.3, 0.4) is 0 Å². The molecule has 2 amide bonds. The maximum Gasteiger partial charge on any atom is 0.259 e. The Morgan fingerprint density at radius 1 is 1.03 bits per heavy atom. The Morgan fingerprint density at radius 2 is 1.76 bits per heavy atom. The lowest BCUT2D eigenvalue weighted by molar-refractivity contribution is -0.122. The van der Waals surface area contributed by atoms with Crippen LogP contribution < -0.4 is 5.32 Å². The second-order valence-corrected chi connectivity index (χ2v) is 9.55. The molecule has 4 aromatic rings. The Balaban J connectivity index is 0.00000320.